The summed E-state index contributed by atoms with van der Waals surface area (Å²) in [5.74, 6) is 1.05. The van der Waals surface area contributed by atoms with Crippen LogP contribution >= 0.6 is 15.9 Å². The first-order valence-electron chi connectivity index (χ1n) is 6.25. The topological polar surface area (TPSA) is 16.1 Å². The number of pyridine rings is 1. The highest BCUT2D eigenvalue weighted by Crippen LogP contribution is 2.32. The van der Waals surface area contributed by atoms with Crippen LogP contribution in [-0.4, -0.2) is 11.5 Å². The number of hydrogen-bond donors (Lipinski definition) is 0. The van der Waals surface area contributed by atoms with E-state index in [9.17, 15) is 0 Å². The van der Waals surface area contributed by atoms with Gasteiger partial charge in [0.15, 0.2) is 0 Å². The summed E-state index contributed by atoms with van der Waals surface area (Å²) in [5.41, 5.74) is 3.95. The van der Waals surface area contributed by atoms with Crippen molar-refractivity contribution in [1.82, 2.24) is 4.98 Å². The van der Waals surface area contributed by atoms with E-state index in [4.69, 9.17) is 0 Å². The molecule has 0 fully saturated rings. The molecule has 2 aromatic rings. The maximum absolute atomic E-state index is 4.57. The number of benzene rings is 1. The molecule has 0 unspecified atom stereocenters. The van der Waals surface area contributed by atoms with Gasteiger partial charge in [0.1, 0.15) is 5.82 Å². The zero-order valence-electron chi connectivity index (χ0n) is 10.1. The minimum Gasteiger partial charge on any atom is -0.326 e. The van der Waals surface area contributed by atoms with Gasteiger partial charge in [-0.05, 0) is 36.1 Å². The van der Waals surface area contributed by atoms with Gasteiger partial charge in [-0.1, -0.05) is 40.2 Å². The summed E-state index contributed by atoms with van der Waals surface area (Å²) >= 11 is 3.45. The van der Waals surface area contributed by atoms with Crippen molar-refractivity contribution in [2.45, 2.75) is 18.2 Å². The lowest BCUT2D eigenvalue weighted by molar-refractivity contribution is 0.759. The Balaban J connectivity index is 1.97. The van der Waals surface area contributed by atoms with E-state index in [1.807, 2.05) is 6.20 Å². The molecule has 0 bridgehead atoms. The second kappa shape index (κ2) is 5.11. The van der Waals surface area contributed by atoms with Crippen molar-refractivity contribution in [3.05, 3.63) is 53.7 Å². The van der Waals surface area contributed by atoms with E-state index < -0.39 is 0 Å². The molecule has 0 saturated heterocycles. The minimum absolute atomic E-state index is 0.858. The normalized spacial score (nSPS) is 14.4. The first-order chi connectivity index (χ1) is 8.88. The molecule has 0 saturated carbocycles. The molecule has 3 rings (SSSR count). The van der Waals surface area contributed by atoms with Crippen molar-refractivity contribution in [2.75, 3.05) is 11.4 Å². The van der Waals surface area contributed by atoms with Gasteiger partial charge < -0.3 is 4.90 Å². The second-order valence-electron chi connectivity index (χ2n) is 4.54. The average Bonchev–Trinajstić information content (AvgIpc) is 2.47. The number of aromatic nitrogens is 1. The molecule has 0 spiro atoms. The predicted octanol–water partition coefficient (Wildman–Crippen LogP) is 4.06. The van der Waals surface area contributed by atoms with Crippen LogP contribution in [0, 0.1) is 0 Å². The molecule has 18 heavy (non-hydrogen) atoms. The summed E-state index contributed by atoms with van der Waals surface area (Å²) in [4.78, 5) is 6.88. The Labute approximate surface area is 116 Å². The lowest BCUT2D eigenvalue weighted by atomic mass is 10.0. The SMILES string of the molecule is BrCc1ccc(N2CCCc3ccccc32)nc1. The van der Waals surface area contributed by atoms with Gasteiger partial charge in [-0.3, -0.25) is 0 Å². The number of anilines is 2. The first kappa shape index (κ1) is 11.7. The fourth-order valence-electron chi connectivity index (χ4n) is 2.43. The molecule has 1 aliphatic rings. The summed E-state index contributed by atoms with van der Waals surface area (Å²) < 4.78 is 0. The molecule has 1 aromatic heterocycles. The van der Waals surface area contributed by atoms with Crippen molar-refractivity contribution in [2.24, 2.45) is 0 Å². The fourth-order valence-corrected chi connectivity index (χ4v) is 2.76. The summed E-state index contributed by atoms with van der Waals surface area (Å²) in [6.45, 7) is 1.05. The van der Waals surface area contributed by atoms with Crippen LogP contribution in [0.1, 0.15) is 17.5 Å². The molecule has 2 heterocycles. The van der Waals surface area contributed by atoms with Gasteiger partial charge in [0.05, 0.1) is 0 Å². The summed E-state index contributed by atoms with van der Waals surface area (Å²) in [5, 5.41) is 0.858. The molecule has 3 heteroatoms. The Bertz CT molecular complexity index is 536. The van der Waals surface area contributed by atoms with Crippen molar-refractivity contribution >= 4 is 27.4 Å². The van der Waals surface area contributed by atoms with Crippen LogP contribution in [0.4, 0.5) is 11.5 Å². The van der Waals surface area contributed by atoms with Crippen LogP contribution in [0.15, 0.2) is 42.6 Å². The van der Waals surface area contributed by atoms with E-state index in [0.717, 1.165) is 17.7 Å². The standard InChI is InChI=1S/C15H15BrN2/c16-10-12-7-8-15(17-11-12)18-9-3-5-13-4-1-2-6-14(13)18/h1-2,4,6-8,11H,3,5,9-10H2. The number of aryl methyl sites for hydroxylation is 1. The first-order valence-corrected chi connectivity index (χ1v) is 7.37. The monoisotopic (exact) mass is 302 g/mol. The van der Waals surface area contributed by atoms with Gasteiger partial charge in [0, 0.05) is 23.8 Å². The van der Waals surface area contributed by atoms with Crippen LogP contribution in [0.3, 0.4) is 0 Å². The molecule has 0 atom stereocenters. The van der Waals surface area contributed by atoms with Crippen LogP contribution in [0.5, 0.6) is 0 Å². The zero-order valence-corrected chi connectivity index (χ0v) is 11.7. The van der Waals surface area contributed by atoms with E-state index in [-0.39, 0.29) is 0 Å². The summed E-state index contributed by atoms with van der Waals surface area (Å²) in [6, 6.07) is 12.9. The quantitative estimate of drug-likeness (QED) is 0.778. The third-order valence-corrected chi connectivity index (χ3v) is 4.00. The number of para-hydroxylation sites is 1. The van der Waals surface area contributed by atoms with Gasteiger partial charge in [-0.25, -0.2) is 4.98 Å². The van der Waals surface area contributed by atoms with Crippen molar-refractivity contribution in [3.8, 4) is 0 Å². The number of fused-ring (bicyclic) bond motifs is 1. The number of rotatable bonds is 2. The van der Waals surface area contributed by atoms with Crippen LogP contribution in [0.25, 0.3) is 0 Å². The molecule has 0 radical (unpaired) electrons. The summed E-state index contributed by atoms with van der Waals surface area (Å²) in [7, 11) is 0. The number of hydrogen-bond acceptors (Lipinski definition) is 2. The third-order valence-electron chi connectivity index (χ3n) is 3.35. The lowest BCUT2D eigenvalue weighted by Crippen LogP contribution is -2.25. The van der Waals surface area contributed by atoms with Crippen molar-refractivity contribution in [3.63, 3.8) is 0 Å². The minimum atomic E-state index is 0.858. The van der Waals surface area contributed by atoms with Crippen molar-refractivity contribution in [1.29, 1.82) is 0 Å². The summed E-state index contributed by atoms with van der Waals surface area (Å²) in [6.07, 6.45) is 4.31. The highest BCUT2D eigenvalue weighted by molar-refractivity contribution is 9.08. The van der Waals surface area contributed by atoms with E-state index in [2.05, 4.69) is 62.2 Å². The average molecular weight is 303 g/mol. The van der Waals surface area contributed by atoms with E-state index in [1.54, 1.807) is 0 Å². The maximum atomic E-state index is 4.57. The van der Waals surface area contributed by atoms with E-state index in [1.165, 1.54) is 29.7 Å². The second-order valence-corrected chi connectivity index (χ2v) is 5.10. The Morgan fingerprint density at radius 2 is 2.06 bits per heavy atom. The maximum Gasteiger partial charge on any atom is 0.132 e. The molecule has 0 N–H and O–H groups in total. The number of halogens is 1. The van der Waals surface area contributed by atoms with Crippen LogP contribution in [0.2, 0.25) is 0 Å². The van der Waals surface area contributed by atoms with Crippen LogP contribution in [-0.2, 0) is 11.8 Å². The third kappa shape index (κ3) is 2.15. The molecule has 0 amide bonds. The van der Waals surface area contributed by atoms with Gasteiger partial charge in [-0.2, -0.15) is 0 Å². The Hall–Kier alpha value is -1.35. The van der Waals surface area contributed by atoms with Gasteiger partial charge in [0.2, 0.25) is 0 Å². The van der Waals surface area contributed by atoms with Gasteiger partial charge in [-0.15, -0.1) is 0 Å². The van der Waals surface area contributed by atoms with Crippen molar-refractivity contribution < 1.29 is 0 Å². The molecular weight excluding hydrogens is 288 g/mol. The van der Waals surface area contributed by atoms with Crippen LogP contribution < -0.4 is 4.90 Å². The van der Waals surface area contributed by atoms with E-state index in [0.29, 0.717) is 0 Å². The highest BCUT2D eigenvalue weighted by Gasteiger charge is 2.18. The Morgan fingerprint density at radius 3 is 2.83 bits per heavy atom. The number of nitrogens with zero attached hydrogens (tertiary/aromatic N) is 2. The molecule has 2 nitrogen and oxygen atoms in total. The molecule has 0 aliphatic carbocycles. The smallest absolute Gasteiger partial charge is 0.132 e. The molecular formula is C15H15BrN2. The zero-order chi connectivity index (χ0) is 12.4. The van der Waals surface area contributed by atoms with Gasteiger partial charge in [0.25, 0.3) is 0 Å². The predicted molar refractivity (Wildman–Crippen MR) is 78.6 cm³/mol. The molecule has 1 aliphatic heterocycles. The van der Waals surface area contributed by atoms with Gasteiger partial charge >= 0.3 is 0 Å². The fraction of sp³-hybridized carbons (Fsp3) is 0.267. The highest BCUT2D eigenvalue weighted by atomic mass is 79.9. The molecule has 1 aromatic carbocycles. The van der Waals surface area contributed by atoms with E-state index >= 15 is 0 Å². The lowest BCUT2D eigenvalue weighted by Gasteiger charge is -2.30. The number of alkyl halides is 1. The molecule has 92 valence electrons. The largest absolute Gasteiger partial charge is 0.326 e. The Morgan fingerprint density at radius 1 is 1.17 bits per heavy atom. The Kier molecular flexibility index (Phi) is 3.33.